The first kappa shape index (κ1) is 20.3. The van der Waals surface area contributed by atoms with Gasteiger partial charge < -0.3 is 15.0 Å². The number of carbonyl (C=O) groups excluding carboxylic acids is 3. The number of esters is 1. The van der Waals surface area contributed by atoms with Crippen molar-refractivity contribution in [2.75, 3.05) is 0 Å². The quantitative estimate of drug-likeness (QED) is 0.544. The van der Waals surface area contributed by atoms with Crippen LogP contribution in [0.5, 0.6) is 0 Å². The van der Waals surface area contributed by atoms with Gasteiger partial charge in [-0.3, -0.25) is 9.59 Å². The molecular formula is C25H30N2O4. The fraction of sp³-hybridized carbons (Fsp3) is 0.560. The number of fused-ring (bicyclic) bond motifs is 1. The number of benzene rings is 1. The van der Waals surface area contributed by atoms with E-state index in [1.54, 1.807) is 20.0 Å². The molecule has 1 heterocycles. The third-order valence-corrected chi connectivity index (χ3v) is 7.74. The average Bonchev–Trinajstić information content (AvgIpc) is 3.16. The van der Waals surface area contributed by atoms with E-state index < -0.39 is 18.1 Å². The summed E-state index contributed by atoms with van der Waals surface area (Å²) in [6, 6.07) is 6.74. The zero-order valence-corrected chi connectivity index (χ0v) is 18.1. The number of nitrogens with one attached hydrogen (secondary N) is 2. The summed E-state index contributed by atoms with van der Waals surface area (Å²) in [7, 11) is 0. The van der Waals surface area contributed by atoms with Gasteiger partial charge in [-0.15, -0.1) is 0 Å². The molecule has 6 rings (SSSR count). The maximum Gasteiger partial charge on any atom is 0.329 e. The Bertz CT molecular complexity index is 1000. The monoisotopic (exact) mass is 422 g/mol. The van der Waals surface area contributed by atoms with E-state index in [2.05, 4.69) is 10.3 Å². The molecule has 0 saturated heterocycles. The molecule has 0 spiro atoms. The van der Waals surface area contributed by atoms with Gasteiger partial charge >= 0.3 is 5.97 Å². The summed E-state index contributed by atoms with van der Waals surface area (Å²) in [5, 5.41) is 3.72. The lowest BCUT2D eigenvalue weighted by Crippen LogP contribution is -2.56. The maximum atomic E-state index is 13.2. The molecule has 6 heteroatoms. The molecule has 2 aromatic rings. The van der Waals surface area contributed by atoms with Crippen LogP contribution in [0.4, 0.5) is 0 Å². The summed E-state index contributed by atoms with van der Waals surface area (Å²) in [4.78, 5) is 41.7. The van der Waals surface area contributed by atoms with Gasteiger partial charge in [0.05, 0.1) is 0 Å². The van der Waals surface area contributed by atoms with Crippen molar-refractivity contribution in [3.63, 3.8) is 0 Å². The molecule has 4 aliphatic rings. The number of Topliss-reactive ketones (excluding diaryl/α,β-unsaturated/α-hetero) is 1. The second-order valence-corrected chi connectivity index (χ2v) is 10.1. The molecule has 164 valence electrons. The van der Waals surface area contributed by atoms with E-state index in [0.717, 1.165) is 30.2 Å². The third-order valence-electron chi connectivity index (χ3n) is 7.74. The number of H-pyrrole nitrogens is 1. The van der Waals surface area contributed by atoms with Crippen LogP contribution in [0.25, 0.3) is 10.9 Å². The Morgan fingerprint density at radius 2 is 1.65 bits per heavy atom. The highest BCUT2D eigenvalue weighted by molar-refractivity contribution is 6.10. The second-order valence-electron chi connectivity index (χ2n) is 10.1. The molecule has 6 nitrogen and oxygen atoms in total. The van der Waals surface area contributed by atoms with Gasteiger partial charge in [-0.2, -0.15) is 0 Å². The van der Waals surface area contributed by atoms with Gasteiger partial charge in [0.15, 0.2) is 6.10 Å². The Morgan fingerprint density at radius 1 is 1.03 bits per heavy atom. The first-order valence-electron chi connectivity index (χ1n) is 11.5. The molecular weight excluding hydrogens is 392 g/mol. The summed E-state index contributed by atoms with van der Waals surface area (Å²) < 4.78 is 5.45. The molecule has 0 unspecified atom stereocenters. The highest BCUT2D eigenvalue weighted by atomic mass is 16.5. The van der Waals surface area contributed by atoms with Crippen molar-refractivity contribution in [1.82, 2.24) is 10.3 Å². The number of ether oxygens (including phenoxy) is 1. The maximum absolute atomic E-state index is 13.2. The molecule has 1 aromatic heterocycles. The van der Waals surface area contributed by atoms with Gasteiger partial charge in [0.25, 0.3) is 0 Å². The zero-order chi connectivity index (χ0) is 21.8. The van der Waals surface area contributed by atoms with E-state index in [9.17, 15) is 14.4 Å². The van der Waals surface area contributed by atoms with Crippen LogP contribution < -0.4 is 5.32 Å². The van der Waals surface area contributed by atoms with Crippen molar-refractivity contribution in [2.24, 2.45) is 23.2 Å². The summed E-state index contributed by atoms with van der Waals surface area (Å²) in [6.07, 6.45) is 7.35. The van der Waals surface area contributed by atoms with Crippen LogP contribution in [-0.4, -0.2) is 34.8 Å². The minimum atomic E-state index is -0.925. The summed E-state index contributed by atoms with van der Waals surface area (Å²) in [6.45, 7) is 3.22. The van der Waals surface area contributed by atoms with Crippen LogP contribution in [-0.2, 0) is 14.3 Å². The number of carbonyl (C=O) groups is 3. The van der Waals surface area contributed by atoms with Crippen molar-refractivity contribution in [3.8, 4) is 0 Å². The minimum absolute atomic E-state index is 0.00772. The largest absolute Gasteiger partial charge is 0.453 e. The number of amides is 1. The van der Waals surface area contributed by atoms with Gasteiger partial charge in [0, 0.05) is 28.1 Å². The summed E-state index contributed by atoms with van der Waals surface area (Å²) in [5.74, 6) is 1.14. The number of rotatable bonds is 6. The SMILES string of the molecule is C[C@H](NC(=O)C12CC3CC(CC(C3)C1)C2)C(=O)O[C@H](C)C(=O)c1c[nH]c2ccccc12. The molecule has 31 heavy (non-hydrogen) atoms. The Morgan fingerprint density at radius 3 is 2.29 bits per heavy atom. The van der Waals surface area contributed by atoms with E-state index in [0.29, 0.717) is 23.3 Å². The van der Waals surface area contributed by atoms with Crippen LogP contribution in [0.1, 0.15) is 62.7 Å². The number of para-hydroxylation sites is 1. The Labute approximate surface area is 182 Å². The zero-order valence-electron chi connectivity index (χ0n) is 18.1. The predicted octanol–water partition coefficient (Wildman–Crippen LogP) is 4.00. The van der Waals surface area contributed by atoms with Gasteiger partial charge in [0.1, 0.15) is 6.04 Å². The van der Waals surface area contributed by atoms with E-state index in [-0.39, 0.29) is 17.1 Å². The highest BCUT2D eigenvalue weighted by Gasteiger charge is 2.54. The fourth-order valence-corrected chi connectivity index (χ4v) is 6.62. The van der Waals surface area contributed by atoms with Crippen molar-refractivity contribution >= 4 is 28.6 Å². The number of aromatic nitrogens is 1. The lowest BCUT2D eigenvalue weighted by atomic mass is 9.49. The number of hydrogen-bond acceptors (Lipinski definition) is 4. The van der Waals surface area contributed by atoms with Crippen LogP contribution in [0.2, 0.25) is 0 Å². The van der Waals surface area contributed by atoms with E-state index in [1.165, 1.54) is 19.3 Å². The molecule has 4 bridgehead atoms. The third kappa shape index (κ3) is 3.56. The van der Waals surface area contributed by atoms with Crippen LogP contribution in [0.3, 0.4) is 0 Å². The van der Waals surface area contributed by atoms with E-state index in [4.69, 9.17) is 4.74 Å². The minimum Gasteiger partial charge on any atom is -0.453 e. The fourth-order valence-electron chi connectivity index (χ4n) is 6.62. The molecule has 4 saturated carbocycles. The van der Waals surface area contributed by atoms with E-state index >= 15 is 0 Å². The second kappa shape index (κ2) is 7.50. The Kier molecular flexibility index (Phi) is 4.91. The number of aromatic amines is 1. The van der Waals surface area contributed by atoms with Crippen LogP contribution >= 0.6 is 0 Å². The molecule has 4 fully saturated rings. The van der Waals surface area contributed by atoms with Crippen molar-refractivity contribution < 1.29 is 19.1 Å². The van der Waals surface area contributed by atoms with Crippen LogP contribution in [0, 0.1) is 23.2 Å². The predicted molar refractivity (Wildman–Crippen MR) is 116 cm³/mol. The average molecular weight is 423 g/mol. The first-order valence-corrected chi connectivity index (χ1v) is 11.5. The molecule has 2 atom stereocenters. The molecule has 4 aliphatic carbocycles. The molecule has 2 N–H and O–H groups in total. The Balaban J connectivity index is 1.21. The first-order chi connectivity index (χ1) is 14.8. The molecule has 0 radical (unpaired) electrons. The summed E-state index contributed by atoms with van der Waals surface area (Å²) >= 11 is 0. The van der Waals surface area contributed by atoms with E-state index in [1.807, 2.05) is 24.3 Å². The van der Waals surface area contributed by atoms with Crippen LogP contribution in [0.15, 0.2) is 30.5 Å². The Hall–Kier alpha value is -2.63. The summed E-state index contributed by atoms with van der Waals surface area (Å²) in [5.41, 5.74) is 1.05. The molecule has 1 amide bonds. The van der Waals surface area contributed by atoms with Gasteiger partial charge in [-0.05, 0) is 76.2 Å². The number of ketones is 1. The smallest absolute Gasteiger partial charge is 0.329 e. The standard InChI is InChI=1S/C25H30N2O4/c1-14(27-24(30)25-10-16-7-17(11-25)9-18(8-16)12-25)23(29)31-15(2)22(28)20-13-26-21-6-4-3-5-19(20)21/h3-6,13-18,26H,7-12H2,1-2H3,(H,27,30)/t14-,15+,16?,17?,18?,25?/m0/s1. The molecule has 1 aromatic carbocycles. The normalized spacial score (nSPS) is 30.7. The number of hydrogen-bond donors (Lipinski definition) is 2. The van der Waals surface area contributed by atoms with Gasteiger partial charge in [-0.25, -0.2) is 4.79 Å². The molecule has 0 aliphatic heterocycles. The van der Waals surface area contributed by atoms with Crippen molar-refractivity contribution in [1.29, 1.82) is 0 Å². The van der Waals surface area contributed by atoms with Crippen molar-refractivity contribution in [3.05, 3.63) is 36.0 Å². The van der Waals surface area contributed by atoms with Gasteiger partial charge in [-0.1, -0.05) is 18.2 Å². The van der Waals surface area contributed by atoms with Gasteiger partial charge in [0.2, 0.25) is 11.7 Å². The lowest BCUT2D eigenvalue weighted by Gasteiger charge is -2.55. The van der Waals surface area contributed by atoms with Crippen molar-refractivity contribution in [2.45, 2.75) is 64.5 Å². The lowest BCUT2D eigenvalue weighted by molar-refractivity contribution is -0.155. The highest BCUT2D eigenvalue weighted by Crippen LogP contribution is 2.60. The topological polar surface area (TPSA) is 88.3 Å².